The molecule has 6 nitrogen and oxygen atoms in total. The molecule has 0 N–H and O–H groups in total. The van der Waals surface area contributed by atoms with Crippen molar-refractivity contribution in [1.29, 1.82) is 0 Å². The Hall–Kier alpha value is -3.54. The van der Waals surface area contributed by atoms with Gasteiger partial charge < -0.3 is 9.64 Å². The zero-order chi connectivity index (χ0) is 18.1. The topological polar surface area (TPSA) is 64.0 Å². The number of rotatable bonds is 4. The van der Waals surface area contributed by atoms with E-state index in [4.69, 9.17) is 9.72 Å². The van der Waals surface area contributed by atoms with Crippen LogP contribution < -0.4 is 9.64 Å². The highest BCUT2D eigenvalue weighted by Gasteiger charge is 2.31. The van der Waals surface area contributed by atoms with E-state index < -0.39 is 0 Å². The van der Waals surface area contributed by atoms with Crippen molar-refractivity contribution in [3.8, 4) is 17.3 Å². The fourth-order valence-electron chi connectivity index (χ4n) is 3.14. The molecular weight excluding hydrogens is 338 g/mol. The average molecular weight is 355 g/mol. The van der Waals surface area contributed by atoms with Crippen molar-refractivity contribution in [1.82, 2.24) is 19.9 Å². The van der Waals surface area contributed by atoms with Crippen molar-refractivity contribution >= 4 is 16.7 Å². The highest BCUT2D eigenvalue weighted by Crippen LogP contribution is 2.28. The highest BCUT2D eigenvalue weighted by atomic mass is 16.5. The summed E-state index contributed by atoms with van der Waals surface area (Å²) in [4.78, 5) is 19.9. The molecule has 0 bridgehead atoms. The Morgan fingerprint density at radius 1 is 0.926 bits per heavy atom. The lowest BCUT2D eigenvalue weighted by molar-refractivity contribution is 0.132. The Labute approximate surface area is 156 Å². The Morgan fingerprint density at radius 2 is 1.89 bits per heavy atom. The summed E-state index contributed by atoms with van der Waals surface area (Å²) >= 11 is 0. The van der Waals surface area contributed by atoms with Gasteiger partial charge in [-0.25, -0.2) is 9.97 Å². The monoisotopic (exact) mass is 355 g/mol. The van der Waals surface area contributed by atoms with Gasteiger partial charge in [0.05, 0.1) is 5.52 Å². The lowest BCUT2D eigenvalue weighted by Crippen LogP contribution is -2.51. The van der Waals surface area contributed by atoms with E-state index in [9.17, 15) is 0 Å². The first-order valence-electron chi connectivity index (χ1n) is 8.89. The van der Waals surface area contributed by atoms with Gasteiger partial charge in [0.25, 0.3) is 0 Å². The second-order valence-electron chi connectivity index (χ2n) is 6.38. The fourth-order valence-corrected chi connectivity index (χ4v) is 3.14. The number of fused-ring (bicyclic) bond motifs is 1. The van der Waals surface area contributed by atoms with Gasteiger partial charge in [0.2, 0.25) is 5.88 Å². The third-order valence-electron chi connectivity index (χ3n) is 4.65. The molecule has 1 fully saturated rings. The van der Waals surface area contributed by atoms with Crippen LogP contribution in [0.1, 0.15) is 6.42 Å². The molecule has 3 aromatic heterocycles. The molecule has 0 radical (unpaired) electrons. The molecule has 27 heavy (non-hydrogen) atoms. The Balaban J connectivity index is 1.36. The van der Waals surface area contributed by atoms with Gasteiger partial charge in [0.15, 0.2) is 12.1 Å². The van der Waals surface area contributed by atoms with E-state index in [2.05, 4.69) is 32.0 Å². The number of hydrogen-bond acceptors (Lipinski definition) is 6. The summed E-state index contributed by atoms with van der Waals surface area (Å²) in [5.74, 6) is 2.08. The molecular formula is C21H17N5O. The molecule has 5 rings (SSSR count). The van der Waals surface area contributed by atoms with Crippen LogP contribution in [0.3, 0.4) is 0 Å². The molecule has 4 aromatic rings. The van der Waals surface area contributed by atoms with Crippen LogP contribution in [0.5, 0.6) is 5.88 Å². The third kappa shape index (κ3) is 3.06. The van der Waals surface area contributed by atoms with E-state index in [0.717, 1.165) is 35.2 Å². The van der Waals surface area contributed by atoms with Gasteiger partial charge in [0.1, 0.15) is 5.82 Å². The van der Waals surface area contributed by atoms with Gasteiger partial charge in [-0.2, -0.15) is 4.98 Å². The molecule has 1 aliphatic heterocycles. The van der Waals surface area contributed by atoms with Crippen molar-refractivity contribution in [2.24, 2.45) is 0 Å². The minimum absolute atomic E-state index is 0.0738. The molecule has 6 heteroatoms. The van der Waals surface area contributed by atoms with E-state index in [-0.39, 0.29) is 6.23 Å². The summed E-state index contributed by atoms with van der Waals surface area (Å²) in [5, 5.41) is 1.14. The van der Waals surface area contributed by atoms with Crippen LogP contribution in [0.2, 0.25) is 0 Å². The van der Waals surface area contributed by atoms with E-state index in [1.54, 1.807) is 24.7 Å². The molecule has 0 spiro atoms. The number of anilines is 1. The molecule has 1 atom stereocenters. The third-order valence-corrected chi connectivity index (χ3v) is 4.65. The SMILES string of the molecule is c1cncc(-c2nccc(OC3CCN3c3ccc4ccccc4n3)n2)c1. The first-order valence-corrected chi connectivity index (χ1v) is 8.89. The predicted octanol–water partition coefficient (Wildman–Crippen LogP) is 3.70. The number of aromatic nitrogens is 4. The van der Waals surface area contributed by atoms with E-state index >= 15 is 0 Å². The lowest BCUT2D eigenvalue weighted by atomic mass is 10.1. The summed E-state index contributed by atoms with van der Waals surface area (Å²) in [5.41, 5.74) is 1.85. The van der Waals surface area contributed by atoms with Crippen molar-refractivity contribution in [2.75, 3.05) is 11.4 Å². The number of nitrogens with zero attached hydrogens (tertiary/aromatic N) is 5. The summed E-state index contributed by atoms with van der Waals surface area (Å²) in [7, 11) is 0. The smallest absolute Gasteiger partial charge is 0.218 e. The molecule has 1 saturated heterocycles. The van der Waals surface area contributed by atoms with Crippen LogP contribution in [0.4, 0.5) is 5.82 Å². The van der Waals surface area contributed by atoms with Crippen LogP contribution in [-0.4, -0.2) is 32.7 Å². The van der Waals surface area contributed by atoms with Gasteiger partial charge in [-0.1, -0.05) is 18.2 Å². The molecule has 0 amide bonds. The highest BCUT2D eigenvalue weighted by molar-refractivity contribution is 5.80. The minimum atomic E-state index is -0.0738. The van der Waals surface area contributed by atoms with E-state index in [1.165, 1.54) is 0 Å². The maximum Gasteiger partial charge on any atom is 0.218 e. The number of para-hydroxylation sites is 1. The molecule has 0 aliphatic carbocycles. The normalized spacial score (nSPS) is 16.1. The maximum atomic E-state index is 6.11. The predicted molar refractivity (Wildman–Crippen MR) is 103 cm³/mol. The zero-order valence-electron chi connectivity index (χ0n) is 14.6. The minimum Gasteiger partial charge on any atom is -0.453 e. The van der Waals surface area contributed by atoms with Gasteiger partial charge in [0, 0.05) is 48.6 Å². The summed E-state index contributed by atoms with van der Waals surface area (Å²) < 4.78 is 6.11. The van der Waals surface area contributed by atoms with Crippen LogP contribution in [0, 0.1) is 0 Å². The maximum absolute atomic E-state index is 6.11. The zero-order valence-corrected chi connectivity index (χ0v) is 14.6. The fraction of sp³-hybridized carbons (Fsp3) is 0.143. The summed E-state index contributed by atoms with van der Waals surface area (Å²) in [6.07, 6.45) is 6.04. The summed E-state index contributed by atoms with van der Waals surface area (Å²) in [6.45, 7) is 0.913. The summed E-state index contributed by atoms with van der Waals surface area (Å²) in [6, 6.07) is 17.8. The quantitative estimate of drug-likeness (QED) is 0.556. The molecule has 1 aliphatic rings. The van der Waals surface area contributed by atoms with Gasteiger partial charge in [-0.3, -0.25) is 4.98 Å². The largest absolute Gasteiger partial charge is 0.453 e. The second kappa shape index (κ2) is 6.64. The standard InChI is InChI=1S/C21H17N5O/c1-2-6-17-15(4-1)7-8-18(24-17)26-13-10-20(26)27-19-9-12-23-21(25-19)16-5-3-11-22-14-16/h1-9,11-12,14,20H,10,13H2. The van der Waals surface area contributed by atoms with Gasteiger partial charge >= 0.3 is 0 Å². The van der Waals surface area contributed by atoms with Crippen molar-refractivity contribution in [3.05, 3.63) is 73.2 Å². The molecule has 1 aromatic carbocycles. The van der Waals surface area contributed by atoms with E-state index in [0.29, 0.717) is 11.7 Å². The Kier molecular flexibility index (Phi) is 3.86. The molecule has 1 unspecified atom stereocenters. The Morgan fingerprint density at radius 3 is 2.74 bits per heavy atom. The van der Waals surface area contributed by atoms with Crippen LogP contribution in [-0.2, 0) is 0 Å². The molecule has 132 valence electrons. The van der Waals surface area contributed by atoms with Crippen molar-refractivity contribution in [3.63, 3.8) is 0 Å². The van der Waals surface area contributed by atoms with Crippen LogP contribution >= 0.6 is 0 Å². The van der Waals surface area contributed by atoms with Crippen molar-refractivity contribution in [2.45, 2.75) is 12.6 Å². The lowest BCUT2D eigenvalue weighted by Gasteiger charge is -2.41. The van der Waals surface area contributed by atoms with Gasteiger partial charge in [-0.15, -0.1) is 0 Å². The average Bonchev–Trinajstić information content (AvgIpc) is 2.72. The van der Waals surface area contributed by atoms with Gasteiger partial charge in [-0.05, 0) is 30.3 Å². The first-order chi connectivity index (χ1) is 13.4. The Bertz CT molecular complexity index is 1090. The van der Waals surface area contributed by atoms with Crippen LogP contribution in [0.15, 0.2) is 73.2 Å². The molecule has 4 heterocycles. The number of ether oxygens (including phenoxy) is 1. The van der Waals surface area contributed by atoms with Crippen LogP contribution in [0.25, 0.3) is 22.3 Å². The first kappa shape index (κ1) is 15.7. The number of hydrogen-bond donors (Lipinski definition) is 0. The number of benzene rings is 1. The van der Waals surface area contributed by atoms with Crippen molar-refractivity contribution < 1.29 is 4.74 Å². The number of pyridine rings is 2. The van der Waals surface area contributed by atoms with E-state index in [1.807, 2.05) is 36.4 Å². The molecule has 0 saturated carbocycles. The second-order valence-corrected chi connectivity index (χ2v) is 6.38.